The average Bonchev–Trinajstić information content (AvgIpc) is 2.56. The van der Waals surface area contributed by atoms with E-state index in [1.165, 1.54) is 12.1 Å². The number of nitrogens with zero attached hydrogens (tertiary/aromatic N) is 2. The summed E-state index contributed by atoms with van der Waals surface area (Å²) in [4.78, 5) is 15.1. The van der Waals surface area contributed by atoms with E-state index in [0.717, 1.165) is 0 Å². The number of imidazole rings is 1. The van der Waals surface area contributed by atoms with Gasteiger partial charge >= 0.3 is 5.97 Å². The molecule has 2 heterocycles. The van der Waals surface area contributed by atoms with Crippen LogP contribution in [-0.4, -0.2) is 25.6 Å². The third-order valence-corrected chi connectivity index (χ3v) is 2.37. The van der Waals surface area contributed by atoms with E-state index in [0.29, 0.717) is 11.3 Å². The third kappa shape index (κ3) is 1.50. The summed E-state index contributed by atoms with van der Waals surface area (Å²) in [5, 5.41) is 18.4. The molecule has 2 aromatic rings. The Bertz CT molecular complexity index is 558. The number of aromatic carboxylic acids is 1. The van der Waals surface area contributed by atoms with Gasteiger partial charge in [-0.25, -0.2) is 9.78 Å². The maximum atomic E-state index is 11.0. The molecule has 2 aromatic heterocycles. The molecular formula is C11H12N2O3. The first-order valence-corrected chi connectivity index (χ1v) is 4.95. The van der Waals surface area contributed by atoms with Gasteiger partial charge in [-0.1, -0.05) is 13.8 Å². The topological polar surface area (TPSA) is 74.8 Å². The molecule has 84 valence electrons. The van der Waals surface area contributed by atoms with Crippen LogP contribution in [0, 0.1) is 0 Å². The third-order valence-electron chi connectivity index (χ3n) is 2.37. The number of aromatic nitrogens is 2. The molecule has 0 atom stereocenters. The first-order valence-electron chi connectivity index (χ1n) is 4.95. The number of carbonyl (C=O) groups is 1. The predicted octanol–water partition coefficient (Wildman–Crippen LogP) is 1.86. The Balaban J connectivity index is 2.81. The van der Waals surface area contributed by atoms with Crippen LogP contribution in [0.15, 0.2) is 18.3 Å². The first-order chi connectivity index (χ1) is 7.50. The molecule has 0 saturated carbocycles. The minimum Gasteiger partial charge on any atom is -0.508 e. The number of aromatic hydroxyl groups is 1. The average molecular weight is 220 g/mol. The van der Waals surface area contributed by atoms with Gasteiger partial charge in [-0.2, -0.15) is 0 Å². The van der Waals surface area contributed by atoms with Crippen molar-refractivity contribution in [1.82, 2.24) is 9.38 Å². The van der Waals surface area contributed by atoms with Crippen molar-refractivity contribution in [3.05, 3.63) is 29.8 Å². The van der Waals surface area contributed by atoms with E-state index in [9.17, 15) is 9.90 Å². The van der Waals surface area contributed by atoms with Gasteiger partial charge in [-0.3, -0.25) is 0 Å². The number of rotatable bonds is 2. The number of fused-ring (bicyclic) bond motifs is 1. The monoisotopic (exact) mass is 220 g/mol. The van der Waals surface area contributed by atoms with Gasteiger partial charge in [-0.05, 0) is 6.07 Å². The summed E-state index contributed by atoms with van der Waals surface area (Å²) >= 11 is 0. The maximum Gasteiger partial charge on any atom is 0.356 e. The highest BCUT2D eigenvalue weighted by atomic mass is 16.4. The fraction of sp³-hybridized carbons (Fsp3) is 0.273. The second-order valence-corrected chi connectivity index (χ2v) is 3.92. The first kappa shape index (κ1) is 10.5. The molecule has 0 amide bonds. The lowest BCUT2D eigenvalue weighted by Crippen LogP contribution is -1.98. The van der Waals surface area contributed by atoms with Gasteiger partial charge in [0.15, 0.2) is 5.69 Å². The van der Waals surface area contributed by atoms with Crippen LogP contribution in [0.3, 0.4) is 0 Å². The second-order valence-electron chi connectivity index (χ2n) is 3.92. The molecule has 5 nitrogen and oxygen atoms in total. The lowest BCUT2D eigenvalue weighted by molar-refractivity contribution is 0.0693. The van der Waals surface area contributed by atoms with E-state index in [4.69, 9.17) is 5.11 Å². The highest BCUT2D eigenvalue weighted by molar-refractivity contribution is 5.94. The maximum absolute atomic E-state index is 11.0. The lowest BCUT2D eigenvalue weighted by atomic mass is 10.2. The molecule has 0 aliphatic rings. The summed E-state index contributed by atoms with van der Waals surface area (Å²) < 4.78 is 1.69. The van der Waals surface area contributed by atoms with Crippen molar-refractivity contribution >= 4 is 11.5 Å². The molecule has 0 radical (unpaired) electrons. The van der Waals surface area contributed by atoms with Gasteiger partial charge in [0.25, 0.3) is 0 Å². The molecule has 2 rings (SSSR count). The molecule has 0 aliphatic heterocycles. The van der Waals surface area contributed by atoms with Gasteiger partial charge in [-0.15, -0.1) is 0 Å². The molecule has 0 spiro atoms. The molecular weight excluding hydrogens is 208 g/mol. The Kier molecular flexibility index (Phi) is 2.30. The number of hydrogen-bond donors (Lipinski definition) is 2. The lowest BCUT2D eigenvalue weighted by Gasteiger charge is -2.03. The van der Waals surface area contributed by atoms with Crippen LogP contribution < -0.4 is 0 Å². The smallest absolute Gasteiger partial charge is 0.356 e. The number of pyridine rings is 1. The van der Waals surface area contributed by atoms with E-state index >= 15 is 0 Å². The summed E-state index contributed by atoms with van der Waals surface area (Å²) in [6, 6.07) is 2.91. The minimum atomic E-state index is -1.09. The predicted molar refractivity (Wildman–Crippen MR) is 57.9 cm³/mol. The van der Waals surface area contributed by atoms with Gasteiger partial charge < -0.3 is 14.6 Å². The van der Waals surface area contributed by atoms with Crippen LogP contribution in [0.5, 0.6) is 5.75 Å². The van der Waals surface area contributed by atoms with Crippen LogP contribution in [0.1, 0.15) is 36.1 Å². The standard InChI is InChI=1S/C11H12N2O3/c1-6(2)10-12-9(11(15)16)8-5-7(14)3-4-13(8)10/h3-6,14H,1-2H3,(H,15,16). The highest BCUT2D eigenvalue weighted by Crippen LogP contribution is 2.22. The van der Waals surface area contributed by atoms with Crippen molar-refractivity contribution < 1.29 is 15.0 Å². The van der Waals surface area contributed by atoms with Crippen LogP contribution in [0.2, 0.25) is 0 Å². The fourth-order valence-electron chi connectivity index (χ4n) is 1.66. The molecule has 0 unspecified atom stereocenters. The zero-order valence-electron chi connectivity index (χ0n) is 9.01. The van der Waals surface area contributed by atoms with E-state index in [1.807, 2.05) is 13.8 Å². The van der Waals surface area contributed by atoms with E-state index in [2.05, 4.69) is 4.98 Å². The highest BCUT2D eigenvalue weighted by Gasteiger charge is 2.18. The van der Waals surface area contributed by atoms with E-state index < -0.39 is 5.97 Å². The zero-order chi connectivity index (χ0) is 11.9. The van der Waals surface area contributed by atoms with E-state index in [1.54, 1.807) is 10.6 Å². The largest absolute Gasteiger partial charge is 0.508 e. The number of hydrogen-bond acceptors (Lipinski definition) is 3. The van der Waals surface area contributed by atoms with Crippen molar-refractivity contribution in [2.75, 3.05) is 0 Å². The second kappa shape index (κ2) is 3.52. The Morgan fingerprint density at radius 1 is 1.50 bits per heavy atom. The summed E-state index contributed by atoms with van der Waals surface area (Å²) in [5.74, 6) is -0.266. The van der Waals surface area contributed by atoms with Gasteiger partial charge in [0.1, 0.15) is 11.6 Å². The molecule has 5 heteroatoms. The molecule has 16 heavy (non-hydrogen) atoms. The van der Waals surface area contributed by atoms with Crippen LogP contribution in [0.4, 0.5) is 0 Å². The number of carboxylic acids is 1. The van der Waals surface area contributed by atoms with Crippen molar-refractivity contribution in [3.63, 3.8) is 0 Å². The normalized spacial score (nSPS) is 11.2. The van der Waals surface area contributed by atoms with Crippen LogP contribution in [-0.2, 0) is 0 Å². The van der Waals surface area contributed by atoms with Gasteiger partial charge in [0.2, 0.25) is 0 Å². The molecule has 0 fully saturated rings. The Labute approximate surface area is 92.0 Å². The Morgan fingerprint density at radius 2 is 2.19 bits per heavy atom. The molecule has 0 saturated heterocycles. The van der Waals surface area contributed by atoms with E-state index in [-0.39, 0.29) is 17.4 Å². The molecule has 0 aliphatic carbocycles. The van der Waals surface area contributed by atoms with Crippen molar-refractivity contribution in [2.45, 2.75) is 19.8 Å². The summed E-state index contributed by atoms with van der Waals surface area (Å²) in [7, 11) is 0. The summed E-state index contributed by atoms with van der Waals surface area (Å²) in [5.41, 5.74) is 0.385. The molecule has 0 bridgehead atoms. The van der Waals surface area contributed by atoms with Crippen LogP contribution in [0.25, 0.3) is 5.52 Å². The summed E-state index contributed by atoms with van der Waals surface area (Å²) in [6.07, 6.45) is 1.62. The van der Waals surface area contributed by atoms with Crippen molar-refractivity contribution in [3.8, 4) is 5.75 Å². The Morgan fingerprint density at radius 3 is 2.75 bits per heavy atom. The Hall–Kier alpha value is -2.04. The zero-order valence-corrected chi connectivity index (χ0v) is 9.01. The quantitative estimate of drug-likeness (QED) is 0.810. The van der Waals surface area contributed by atoms with Crippen LogP contribution >= 0.6 is 0 Å². The molecule has 2 N–H and O–H groups in total. The SMILES string of the molecule is CC(C)c1nc(C(=O)O)c2cc(O)ccn12. The fourth-order valence-corrected chi connectivity index (χ4v) is 1.66. The van der Waals surface area contributed by atoms with Gasteiger partial charge in [0, 0.05) is 18.2 Å². The van der Waals surface area contributed by atoms with Crippen molar-refractivity contribution in [1.29, 1.82) is 0 Å². The van der Waals surface area contributed by atoms with Gasteiger partial charge in [0.05, 0.1) is 5.52 Å². The summed E-state index contributed by atoms with van der Waals surface area (Å²) in [6.45, 7) is 3.88. The van der Waals surface area contributed by atoms with Crippen molar-refractivity contribution in [2.24, 2.45) is 0 Å². The minimum absolute atomic E-state index is 0.0281. The molecule has 0 aromatic carbocycles. The number of carboxylic acid groups (broad SMARTS) is 1.